The Bertz CT molecular complexity index is 753. The summed E-state index contributed by atoms with van der Waals surface area (Å²) in [5.74, 6) is -2.03. The highest BCUT2D eigenvalue weighted by molar-refractivity contribution is 5.92. The van der Waals surface area contributed by atoms with Crippen LogP contribution in [0.1, 0.15) is 44.1 Å². The van der Waals surface area contributed by atoms with E-state index >= 15 is 0 Å². The van der Waals surface area contributed by atoms with Gasteiger partial charge in [0.15, 0.2) is 0 Å². The van der Waals surface area contributed by atoms with E-state index in [2.05, 4.69) is 0 Å². The third-order valence-corrected chi connectivity index (χ3v) is 6.17. The predicted octanol–water partition coefficient (Wildman–Crippen LogP) is 2.42. The Morgan fingerprint density at radius 1 is 1.18 bits per heavy atom. The lowest BCUT2D eigenvalue weighted by atomic mass is 9.77. The molecule has 1 aromatic carbocycles. The Labute approximate surface area is 164 Å². The van der Waals surface area contributed by atoms with Crippen molar-refractivity contribution in [3.63, 3.8) is 0 Å². The summed E-state index contributed by atoms with van der Waals surface area (Å²) in [6.45, 7) is 0.694. The maximum absolute atomic E-state index is 14.5. The first-order valence-corrected chi connectivity index (χ1v) is 9.86. The van der Waals surface area contributed by atoms with Crippen LogP contribution in [0.3, 0.4) is 0 Å². The van der Waals surface area contributed by atoms with Crippen molar-refractivity contribution < 1.29 is 23.9 Å². The first-order chi connectivity index (χ1) is 13.3. The summed E-state index contributed by atoms with van der Waals surface area (Å²) >= 11 is 0. The van der Waals surface area contributed by atoms with E-state index < -0.39 is 17.3 Å². The molecule has 1 N–H and O–H groups in total. The minimum Gasteiger partial charge on any atom is -0.481 e. The second kappa shape index (κ2) is 8.29. The van der Waals surface area contributed by atoms with E-state index in [-0.39, 0.29) is 24.2 Å². The molecule has 6 nitrogen and oxygen atoms in total. The Kier molecular flexibility index (Phi) is 6.01. The van der Waals surface area contributed by atoms with Crippen LogP contribution in [-0.2, 0) is 19.8 Å². The minimum atomic E-state index is -0.906. The number of carbonyl (C=O) groups excluding carboxylic acids is 2. The minimum absolute atomic E-state index is 0.0766. The number of carboxylic acid groups (broad SMARTS) is 1. The molecule has 1 aliphatic carbocycles. The summed E-state index contributed by atoms with van der Waals surface area (Å²) in [4.78, 5) is 40.0. The van der Waals surface area contributed by atoms with Crippen molar-refractivity contribution in [2.24, 2.45) is 5.92 Å². The van der Waals surface area contributed by atoms with Crippen LogP contribution in [0.4, 0.5) is 4.39 Å². The van der Waals surface area contributed by atoms with Crippen LogP contribution in [-0.4, -0.2) is 59.4 Å². The van der Waals surface area contributed by atoms with Gasteiger partial charge in [0.1, 0.15) is 5.82 Å². The largest absolute Gasteiger partial charge is 0.481 e. The second-order valence-corrected chi connectivity index (χ2v) is 7.92. The number of nitrogens with zero attached hydrogens (tertiary/aromatic N) is 2. The van der Waals surface area contributed by atoms with Gasteiger partial charge in [0.2, 0.25) is 11.8 Å². The number of carbonyl (C=O) groups is 3. The van der Waals surface area contributed by atoms with Gasteiger partial charge < -0.3 is 14.9 Å². The zero-order valence-corrected chi connectivity index (χ0v) is 16.2. The van der Waals surface area contributed by atoms with Gasteiger partial charge in [0.05, 0.1) is 17.9 Å². The number of aliphatic carboxylic acids is 1. The number of benzene rings is 1. The molecule has 0 bridgehead atoms. The van der Waals surface area contributed by atoms with Crippen molar-refractivity contribution in [1.29, 1.82) is 0 Å². The Morgan fingerprint density at radius 3 is 2.36 bits per heavy atom. The summed E-state index contributed by atoms with van der Waals surface area (Å²) in [7, 11) is 1.59. The van der Waals surface area contributed by atoms with E-state index in [1.54, 1.807) is 30.1 Å². The molecule has 3 rings (SSSR count). The molecule has 7 heteroatoms. The van der Waals surface area contributed by atoms with Crippen LogP contribution >= 0.6 is 0 Å². The van der Waals surface area contributed by atoms with E-state index in [1.165, 1.54) is 11.0 Å². The zero-order valence-electron chi connectivity index (χ0n) is 16.2. The predicted molar refractivity (Wildman–Crippen MR) is 101 cm³/mol. The monoisotopic (exact) mass is 390 g/mol. The van der Waals surface area contributed by atoms with Crippen molar-refractivity contribution in [3.8, 4) is 0 Å². The number of hydrogen-bond donors (Lipinski definition) is 1. The molecule has 1 aliphatic heterocycles. The van der Waals surface area contributed by atoms with Gasteiger partial charge in [-0.15, -0.1) is 0 Å². The molecule has 0 radical (unpaired) electrons. The van der Waals surface area contributed by atoms with Crippen LogP contribution < -0.4 is 0 Å². The fourth-order valence-corrected chi connectivity index (χ4v) is 4.54. The second-order valence-electron chi connectivity index (χ2n) is 7.92. The van der Waals surface area contributed by atoms with Crippen LogP contribution in [0.2, 0.25) is 0 Å². The molecule has 152 valence electrons. The molecule has 1 saturated carbocycles. The normalized spacial score (nSPS) is 19.4. The average molecular weight is 390 g/mol. The van der Waals surface area contributed by atoms with Gasteiger partial charge in [-0.05, 0) is 31.7 Å². The highest BCUT2D eigenvalue weighted by atomic mass is 19.1. The lowest BCUT2D eigenvalue weighted by molar-refractivity contribution is -0.147. The maximum atomic E-state index is 14.5. The zero-order chi connectivity index (χ0) is 20.3. The number of carboxylic acids is 1. The molecule has 28 heavy (non-hydrogen) atoms. The molecule has 2 amide bonds. The molecular weight excluding hydrogens is 363 g/mol. The molecule has 1 saturated heterocycles. The quantitative estimate of drug-likeness (QED) is 0.838. The number of amides is 2. The number of likely N-dealkylation sites (tertiary alicyclic amines) is 1. The standard InChI is InChI=1S/C21H27FN2O4/c1-23(14-18(25)24-12-8-15(9-13-24)19(26)27)20(28)21(10-4-5-11-21)16-6-2-3-7-17(16)22/h2-3,6-7,15H,4-5,8-14H2,1H3,(H,26,27). The molecule has 0 aromatic heterocycles. The Balaban J connectivity index is 1.68. The van der Waals surface area contributed by atoms with Crippen LogP contribution in [0, 0.1) is 11.7 Å². The highest BCUT2D eigenvalue weighted by Crippen LogP contribution is 2.43. The molecule has 0 atom stereocenters. The SMILES string of the molecule is CN(CC(=O)N1CCC(C(=O)O)CC1)C(=O)C1(c2ccccc2F)CCCC1. The van der Waals surface area contributed by atoms with Gasteiger partial charge >= 0.3 is 5.97 Å². The van der Waals surface area contributed by atoms with Crippen LogP contribution in [0.15, 0.2) is 24.3 Å². The lowest BCUT2D eigenvalue weighted by Gasteiger charge is -2.35. The number of piperidine rings is 1. The molecule has 0 unspecified atom stereocenters. The Hall–Kier alpha value is -2.44. The molecule has 0 spiro atoms. The third-order valence-electron chi connectivity index (χ3n) is 6.17. The fraction of sp³-hybridized carbons (Fsp3) is 0.571. The summed E-state index contributed by atoms with van der Waals surface area (Å²) in [5.41, 5.74) is -0.490. The summed E-state index contributed by atoms with van der Waals surface area (Å²) in [6.07, 6.45) is 3.72. The lowest BCUT2D eigenvalue weighted by Crippen LogP contribution is -2.49. The van der Waals surface area contributed by atoms with Crippen molar-refractivity contribution in [2.75, 3.05) is 26.7 Å². The maximum Gasteiger partial charge on any atom is 0.306 e. The van der Waals surface area contributed by atoms with E-state index in [0.29, 0.717) is 44.3 Å². The van der Waals surface area contributed by atoms with E-state index in [0.717, 1.165) is 12.8 Å². The van der Waals surface area contributed by atoms with E-state index in [4.69, 9.17) is 5.11 Å². The highest BCUT2D eigenvalue weighted by Gasteiger charge is 2.46. The Morgan fingerprint density at radius 2 is 1.79 bits per heavy atom. The van der Waals surface area contributed by atoms with Crippen LogP contribution in [0.5, 0.6) is 0 Å². The van der Waals surface area contributed by atoms with E-state index in [9.17, 15) is 18.8 Å². The topological polar surface area (TPSA) is 77.9 Å². The van der Waals surface area contributed by atoms with Crippen molar-refractivity contribution in [1.82, 2.24) is 9.80 Å². The number of halogens is 1. The summed E-state index contributed by atoms with van der Waals surface area (Å²) in [6, 6.07) is 6.40. The first-order valence-electron chi connectivity index (χ1n) is 9.86. The van der Waals surface area contributed by atoms with Gasteiger partial charge in [-0.2, -0.15) is 0 Å². The van der Waals surface area contributed by atoms with Gasteiger partial charge in [0, 0.05) is 25.7 Å². The molecule has 2 aliphatic rings. The van der Waals surface area contributed by atoms with Gasteiger partial charge in [-0.25, -0.2) is 4.39 Å². The molecule has 1 heterocycles. The fourth-order valence-electron chi connectivity index (χ4n) is 4.54. The smallest absolute Gasteiger partial charge is 0.306 e. The van der Waals surface area contributed by atoms with Crippen molar-refractivity contribution in [3.05, 3.63) is 35.6 Å². The molecule has 1 aromatic rings. The third kappa shape index (κ3) is 3.88. The van der Waals surface area contributed by atoms with Crippen molar-refractivity contribution in [2.45, 2.75) is 43.9 Å². The van der Waals surface area contributed by atoms with Crippen LogP contribution in [0.25, 0.3) is 0 Å². The van der Waals surface area contributed by atoms with Gasteiger partial charge in [-0.3, -0.25) is 14.4 Å². The van der Waals surface area contributed by atoms with Crippen molar-refractivity contribution >= 4 is 17.8 Å². The number of likely N-dealkylation sites (N-methyl/N-ethyl adjacent to an activating group) is 1. The molecule has 2 fully saturated rings. The first kappa shape index (κ1) is 20.3. The number of hydrogen-bond acceptors (Lipinski definition) is 3. The molecular formula is C21H27FN2O4. The summed E-state index contributed by atoms with van der Waals surface area (Å²) < 4.78 is 14.5. The van der Waals surface area contributed by atoms with Gasteiger partial charge in [-0.1, -0.05) is 31.0 Å². The number of rotatable bonds is 5. The average Bonchev–Trinajstić information content (AvgIpc) is 3.18. The van der Waals surface area contributed by atoms with E-state index in [1.807, 2.05) is 0 Å². The summed E-state index contributed by atoms with van der Waals surface area (Å²) in [5, 5.41) is 9.07. The van der Waals surface area contributed by atoms with Gasteiger partial charge in [0.25, 0.3) is 0 Å².